The number of amides is 1. The maximum Gasteiger partial charge on any atom is 0.309 e. The SMILES string of the molecule is COc1ccc(OCCC(=O)OCC(=O)N2c3ccccc3Sc3ccccc32)cc1. The van der Waals surface area contributed by atoms with Crippen molar-refractivity contribution in [2.45, 2.75) is 16.2 Å². The van der Waals surface area contributed by atoms with E-state index in [0.717, 1.165) is 26.9 Å². The van der Waals surface area contributed by atoms with Gasteiger partial charge >= 0.3 is 5.97 Å². The molecular formula is C24H21NO5S. The van der Waals surface area contributed by atoms with Crippen LogP contribution in [0.15, 0.2) is 82.6 Å². The number of benzene rings is 3. The number of esters is 1. The average Bonchev–Trinajstić information content (AvgIpc) is 2.81. The molecule has 1 aliphatic heterocycles. The highest BCUT2D eigenvalue weighted by atomic mass is 32.2. The Morgan fingerprint density at radius 1 is 0.839 bits per heavy atom. The lowest BCUT2D eigenvalue weighted by Gasteiger charge is -2.30. The molecule has 3 aromatic carbocycles. The van der Waals surface area contributed by atoms with Crippen LogP contribution in [0.5, 0.6) is 11.5 Å². The molecule has 3 aromatic rings. The standard InChI is InChI=1S/C24H21NO5S/c1-28-17-10-12-18(13-11-17)29-15-14-24(27)30-16-23(26)25-19-6-2-4-8-21(19)31-22-9-5-3-7-20(22)25/h2-13H,14-16H2,1H3. The summed E-state index contributed by atoms with van der Waals surface area (Å²) in [6.07, 6.45) is 0.0440. The maximum atomic E-state index is 13.0. The van der Waals surface area contributed by atoms with Crippen molar-refractivity contribution >= 4 is 35.0 Å². The van der Waals surface area contributed by atoms with Crippen LogP contribution >= 0.6 is 11.8 Å². The molecule has 4 rings (SSSR count). The Morgan fingerprint density at radius 2 is 1.42 bits per heavy atom. The Hall–Kier alpha value is -3.45. The molecule has 1 aliphatic rings. The first-order valence-electron chi connectivity index (χ1n) is 9.77. The fourth-order valence-electron chi connectivity index (χ4n) is 3.18. The van der Waals surface area contributed by atoms with Gasteiger partial charge in [-0.25, -0.2) is 0 Å². The highest BCUT2D eigenvalue weighted by molar-refractivity contribution is 7.99. The smallest absolute Gasteiger partial charge is 0.309 e. The summed E-state index contributed by atoms with van der Waals surface area (Å²) in [6, 6.07) is 22.4. The van der Waals surface area contributed by atoms with Crippen LogP contribution < -0.4 is 14.4 Å². The first-order valence-corrected chi connectivity index (χ1v) is 10.6. The second-order valence-electron chi connectivity index (χ2n) is 6.70. The van der Waals surface area contributed by atoms with Crippen LogP contribution in [0.3, 0.4) is 0 Å². The van der Waals surface area contributed by atoms with Crippen LogP contribution in [-0.2, 0) is 14.3 Å². The van der Waals surface area contributed by atoms with E-state index in [2.05, 4.69) is 0 Å². The molecule has 0 saturated carbocycles. The summed E-state index contributed by atoms with van der Waals surface area (Å²) in [7, 11) is 1.59. The molecule has 6 nitrogen and oxygen atoms in total. The molecule has 0 aromatic heterocycles. The van der Waals surface area contributed by atoms with Gasteiger partial charge in [-0.15, -0.1) is 0 Å². The molecule has 1 heterocycles. The number of carbonyl (C=O) groups is 2. The lowest BCUT2D eigenvalue weighted by atomic mass is 10.2. The summed E-state index contributed by atoms with van der Waals surface area (Å²) < 4.78 is 15.9. The third-order valence-corrected chi connectivity index (χ3v) is 5.80. The quantitative estimate of drug-likeness (QED) is 0.495. The lowest BCUT2D eigenvalue weighted by molar-refractivity contribution is -0.148. The molecule has 0 atom stereocenters. The van der Waals surface area contributed by atoms with Gasteiger partial charge in [0.25, 0.3) is 5.91 Å². The van der Waals surface area contributed by atoms with E-state index in [1.807, 2.05) is 48.5 Å². The number of fused-ring (bicyclic) bond motifs is 2. The first kappa shape index (κ1) is 20.8. The van der Waals surface area contributed by atoms with Crippen LogP contribution in [0, 0.1) is 0 Å². The number of rotatable bonds is 7. The molecule has 1 amide bonds. The summed E-state index contributed by atoms with van der Waals surface area (Å²) in [6.45, 7) is -0.180. The number of anilines is 2. The molecule has 0 radical (unpaired) electrons. The summed E-state index contributed by atoms with van der Waals surface area (Å²) in [5, 5.41) is 0. The highest BCUT2D eigenvalue weighted by Crippen LogP contribution is 2.47. The topological polar surface area (TPSA) is 65.1 Å². The Bertz CT molecular complexity index is 1040. The van der Waals surface area contributed by atoms with Crippen molar-refractivity contribution in [2.75, 3.05) is 25.2 Å². The predicted octanol–water partition coefficient (Wildman–Crippen LogP) is 4.84. The van der Waals surface area contributed by atoms with Crippen molar-refractivity contribution in [3.63, 3.8) is 0 Å². The second kappa shape index (κ2) is 9.57. The lowest BCUT2D eigenvalue weighted by Crippen LogP contribution is -2.32. The molecule has 0 saturated heterocycles. The van der Waals surface area contributed by atoms with E-state index in [9.17, 15) is 9.59 Å². The zero-order chi connectivity index (χ0) is 21.6. The maximum absolute atomic E-state index is 13.0. The van der Waals surface area contributed by atoms with E-state index in [4.69, 9.17) is 14.2 Å². The van der Waals surface area contributed by atoms with Crippen molar-refractivity contribution in [3.05, 3.63) is 72.8 Å². The Labute approximate surface area is 184 Å². The number of hydrogen-bond acceptors (Lipinski definition) is 6. The zero-order valence-electron chi connectivity index (χ0n) is 16.9. The van der Waals surface area contributed by atoms with Crippen molar-refractivity contribution < 1.29 is 23.8 Å². The van der Waals surface area contributed by atoms with Gasteiger partial charge in [-0.2, -0.15) is 0 Å². The van der Waals surface area contributed by atoms with E-state index in [-0.39, 0.29) is 25.5 Å². The van der Waals surface area contributed by atoms with Crippen molar-refractivity contribution in [3.8, 4) is 11.5 Å². The number of carbonyl (C=O) groups excluding carboxylic acids is 2. The molecule has 0 spiro atoms. The minimum atomic E-state index is -0.491. The van der Waals surface area contributed by atoms with Crippen molar-refractivity contribution in [1.29, 1.82) is 0 Å². The molecule has 0 aliphatic carbocycles. The monoisotopic (exact) mass is 435 g/mol. The molecular weight excluding hydrogens is 414 g/mol. The van der Waals surface area contributed by atoms with Gasteiger partial charge in [-0.3, -0.25) is 14.5 Å². The van der Waals surface area contributed by atoms with E-state index in [1.54, 1.807) is 48.0 Å². The van der Waals surface area contributed by atoms with Crippen LogP contribution in [0.4, 0.5) is 11.4 Å². The minimum absolute atomic E-state index is 0.0440. The Balaban J connectivity index is 1.34. The van der Waals surface area contributed by atoms with Crippen LogP contribution in [0.2, 0.25) is 0 Å². The van der Waals surface area contributed by atoms with E-state index in [1.165, 1.54) is 0 Å². The number of ether oxygens (including phenoxy) is 3. The van der Waals surface area contributed by atoms with Crippen molar-refractivity contribution in [1.82, 2.24) is 0 Å². The van der Waals surface area contributed by atoms with Crippen LogP contribution in [-0.4, -0.2) is 32.2 Å². The van der Waals surface area contributed by atoms with E-state index < -0.39 is 5.97 Å². The summed E-state index contributed by atoms with van der Waals surface area (Å²) >= 11 is 1.61. The number of nitrogens with zero attached hydrogens (tertiary/aromatic N) is 1. The molecule has 0 N–H and O–H groups in total. The van der Waals surface area contributed by atoms with Gasteiger partial charge in [-0.1, -0.05) is 36.0 Å². The third-order valence-electron chi connectivity index (χ3n) is 4.67. The molecule has 7 heteroatoms. The van der Waals surface area contributed by atoms with Crippen molar-refractivity contribution in [2.24, 2.45) is 0 Å². The van der Waals surface area contributed by atoms with Gasteiger partial charge < -0.3 is 14.2 Å². The van der Waals surface area contributed by atoms with Gasteiger partial charge in [0.1, 0.15) is 11.5 Å². The highest BCUT2D eigenvalue weighted by Gasteiger charge is 2.28. The van der Waals surface area contributed by atoms with E-state index in [0.29, 0.717) is 5.75 Å². The molecule has 0 bridgehead atoms. The fourth-order valence-corrected chi connectivity index (χ4v) is 4.23. The zero-order valence-corrected chi connectivity index (χ0v) is 17.8. The summed E-state index contributed by atoms with van der Waals surface area (Å²) in [4.78, 5) is 28.7. The number of methoxy groups -OCH3 is 1. The third kappa shape index (κ3) is 4.83. The Morgan fingerprint density at radius 3 is 2.03 bits per heavy atom. The second-order valence-corrected chi connectivity index (χ2v) is 7.79. The molecule has 158 valence electrons. The fraction of sp³-hybridized carbons (Fsp3) is 0.167. The number of para-hydroxylation sites is 2. The summed E-state index contributed by atoms with van der Waals surface area (Å²) in [5.74, 6) is 0.563. The van der Waals surface area contributed by atoms with Crippen LogP contribution in [0.1, 0.15) is 6.42 Å². The normalized spacial score (nSPS) is 11.8. The molecule has 0 fully saturated rings. The van der Waals surface area contributed by atoms with Gasteiger partial charge in [0.15, 0.2) is 6.61 Å². The average molecular weight is 436 g/mol. The molecule has 31 heavy (non-hydrogen) atoms. The number of hydrogen-bond donors (Lipinski definition) is 0. The Kier molecular flexibility index (Phi) is 6.43. The minimum Gasteiger partial charge on any atom is -0.497 e. The van der Waals surface area contributed by atoms with Gasteiger partial charge in [0, 0.05) is 9.79 Å². The van der Waals surface area contributed by atoms with E-state index >= 15 is 0 Å². The summed E-state index contributed by atoms with van der Waals surface area (Å²) in [5.41, 5.74) is 1.57. The predicted molar refractivity (Wildman–Crippen MR) is 118 cm³/mol. The largest absolute Gasteiger partial charge is 0.497 e. The van der Waals surface area contributed by atoms with Gasteiger partial charge in [0.2, 0.25) is 0 Å². The first-order chi connectivity index (χ1) is 15.2. The van der Waals surface area contributed by atoms with Crippen LogP contribution in [0.25, 0.3) is 0 Å². The van der Waals surface area contributed by atoms with Gasteiger partial charge in [0.05, 0.1) is 31.5 Å². The molecule has 0 unspecified atom stereocenters. The van der Waals surface area contributed by atoms with Gasteiger partial charge in [-0.05, 0) is 48.5 Å².